The minimum absolute atomic E-state index is 0.0767. The van der Waals surface area contributed by atoms with E-state index in [0.717, 1.165) is 5.56 Å². The quantitative estimate of drug-likeness (QED) is 0.0692. The highest BCUT2D eigenvalue weighted by Gasteiger charge is 2.27. The highest BCUT2D eigenvalue weighted by Crippen LogP contribution is 2.03. The van der Waals surface area contributed by atoms with Crippen molar-refractivity contribution in [2.75, 3.05) is 18.9 Å². The van der Waals surface area contributed by atoms with Gasteiger partial charge in [0.2, 0.25) is 21.8 Å². The molecular formula is C20H32N6O6S. The lowest BCUT2D eigenvalue weighted by Crippen LogP contribution is -2.55. The van der Waals surface area contributed by atoms with Gasteiger partial charge in [0.1, 0.15) is 18.4 Å². The first-order chi connectivity index (χ1) is 15.6. The van der Waals surface area contributed by atoms with E-state index in [2.05, 4.69) is 20.3 Å². The number of rotatable bonds is 15. The number of amides is 2. The van der Waals surface area contributed by atoms with Crippen LogP contribution in [0.1, 0.15) is 25.3 Å². The molecule has 0 aliphatic rings. The fourth-order valence-electron chi connectivity index (χ4n) is 2.73. The maximum Gasteiger partial charge on any atom is 0.242 e. The molecule has 3 atom stereocenters. The van der Waals surface area contributed by atoms with Gasteiger partial charge in [0.05, 0.1) is 18.4 Å². The van der Waals surface area contributed by atoms with Crippen molar-refractivity contribution in [3.63, 3.8) is 0 Å². The number of benzene rings is 1. The third kappa shape index (κ3) is 11.4. The predicted molar refractivity (Wildman–Crippen MR) is 123 cm³/mol. The summed E-state index contributed by atoms with van der Waals surface area (Å²) in [5.41, 5.74) is 11.2. The monoisotopic (exact) mass is 484 g/mol. The van der Waals surface area contributed by atoms with Crippen LogP contribution in [0.5, 0.6) is 0 Å². The standard InChI is InChI=1S/C20H32N6O6S/c1-14(18(29)25-16(12-27)8-5-10-23-20(21)22)24-19(30)17(13-28)26-33(31,32)11-9-15-6-3-2-4-7-15/h2-4,6-7,12,14,16-17,26,28H,5,8-11,13H2,1H3,(H,24,30)(H,25,29)(H4,21,22,23)/t14-,16-,17?/m0/s1. The van der Waals surface area contributed by atoms with Crippen LogP contribution in [0.3, 0.4) is 0 Å². The zero-order chi connectivity index (χ0) is 24.9. The maximum absolute atomic E-state index is 12.4. The first-order valence-electron chi connectivity index (χ1n) is 10.3. The molecule has 1 aromatic rings. The van der Waals surface area contributed by atoms with E-state index in [-0.39, 0.29) is 31.1 Å². The minimum atomic E-state index is -3.88. The average Bonchev–Trinajstić information content (AvgIpc) is 2.78. The summed E-state index contributed by atoms with van der Waals surface area (Å²) in [5, 5.41) is 14.3. The highest BCUT2D eigenvalue weighted by molar-refractivity contribution is 7.89. The van der Waals surface area contributed by atoms with Crippen LogP contribution in [0.25, 0.3) is 0 Å². The van der Waals surface area contributed by atoms with Crippen LogP contribution in [0, 0.1) is 0 Å². The fraction of sp³-hybridized carbons (Fsp3) is 0.500. The Bertz CT molecular complexity index is 905. The molecule has 0 aromatic heterocycles. The van der Waals surface area contributed by atoms with Crippen LogP contribution in [0.15, 0.2) is 35.3 Å². The molecule has 0 spiro atoms. The van der Waals surface area contributed by atoms with Gasteiger partial charge in [-0.3, -0.25) is 14.6 Å². The lowest BCUT2D eigenvalue weighted by molar-refractivity contribution is -0.130. The number of guanidine groups is 1. The lowest BCUT2D eigenvalue weighted by Gasteiger charge is -2.21. The smallest absolute Gasteiger partial charge is 0.242 e. The van der Waals surface area contributed by atoms with Gasteiger partial charge in [-0.2, -0.15) is 0 Å². The summed E-state index contributed by atoms with van der Waals surface area (Å²) in [6.07, 6.45) is 1.51. The number of nitrogens with two attached hydrogens (primary N) is 2. The van der Waals surface area contributed by atoms with E-state index >= 15 is 0 Å². The Balaban J connectivity index is 2.56. The van der Waals surface area contributed by atoms with Gasteiger partial charge >= 0.3 is 0 Å². The molecular weight excluding hydrogens is 452 g/mol. The van der Waals surface area contributed by atoms with Gasteiger partial charge in [-0.25, -0.2) is 13.1 Å². The number of aliphatic hydroxyl groups is 1. The molecule has 13 heteroatoms. The zero-order valence-corrected chi connectivity index (χ0v) is 19.3. The summed E-state index contributed by atoms with van der Waals surface area (Å²) in [6, 6.07) is 5.57. The number of carbonyl (C=O) groups excluding carboxylic acids is 3. The number of aliphatic imine (C=N–C) groups is 1. The molecule has 0 aliphatic carbocycles. The van der Waals surface area contributed by atoms with Gasteiger partial charge < -0.3 is 32.0 Å². The maximum atomic E-state index is 12.4. The first-order valence-corrected chi connectivity index (χ1v) is 12.0. The van der Waals surface area contributed by atoms with Crippen molar-refractivity contribution in [1.29, 1.82) is 0 Å². The van der Waals surface area contributed by atoms with E-state index in [1.807, 2.05) is 6.07 Å². The van der Waals surface area contributed by atoms with Crippen molar-refractivity contribution in [3.8, 4) is 0 Å². The molecule has 0 saturated heterocycles. The van der Waals surface area contributed by atoms with Crippen molar-refractivity contribution in [3.05, 3.63) is 35.9 Å². The lowest BCUT2D eigenvalue weighted by atomic mass is 10.1. The second-order valence-electron chi connectivity index (χ2n) is 7.34. The summed E-state index contributed by atoms with van der Waals surface area (Å²) >= 11 is 0. The van der Waals surface area contributed by atoms with Gasteiger partial charge in [-0.15, -0.1) is 0 Å². The Morgan fingerprint density at radius 2 is 1.82 bits per heavy atom. The molecule has 0 heterocycles. The van der Waals surface area contributed by atoms with Gasteiger partial charge in [-0.1, -0.05) is 30.3 Å². The number of hydrogen-bond donors (Lipinski definition) is 6. The zero-order valence-electron chi connectivity index (χ0n) is 18.4. The topological polar surface area (TPSA) is 206 Å². The Labute approximate surface area is 193 Å². The van der Waals surface area contributed by atoms with E-state index in [0.29, 0.717) is 12.7 Å². The van der Waals surface area contributed by atoms with Gasteiger partial charge in [0.15, 0.2) is 5.96 Å². The first kappa shape index (κ1) is 28.0. The Kier molecular flexibility index (Phi) is 12.0. The number of aryl methyl sites for hydroxylation is 1. The highest BCUT2D eigenvalue weighted by atomic mass is 32.2. The second kappa shape index (κ2) is 14.2. The van der Waals surface area contributed by atoms with E-state index in [1.165, 1.54) is 6.92 Å². The normalized spacial score (nSPS) is 13.9. The van der Waals surface area contributed by atoms with Crippen molar-refractivity contribution in [2.45, 2.75) is 44.3 Å². The van der Waals surface area contributed by atoms with Crippen molar-refractivity contribution < 1.29 is 27.9 Å². The molecule has 0 bridgehead atoms. The molecule has 0 radical (unpaired) electrons. The number of sulfonamides is 1. The van der Waals surface area contributed by atoms with E-state index < -0.39 is 46.6 Å². The van der Waals surface area contributed by atoms with Crippen LogP contribution in [0.4, 0.5) is 0 Å². The summed E-state index contributed by atoms with van der Waals surface area (Å²) in [6.45, 7) is 0.858. The molecule has 0 saturated carbocycles. The molecule has 12 nitrogen and oxygen atoms in total. The average molecular weight is 485 g/mol. The largest absolute Gasteiger partial charge is 0.394 e. The van der Waals surface area contributed by atoms with E-state index in [1.54, 1.807) is 24.3 Å². The molecule has 8 N–H and O–H groups in total. The third-order valence-corrected chi connectivity index (χ3v) is 5.92. The van der Waals surface area contributed by atoms with Crippen LogP contribution in [0.2, 0.25) is 0 Å². The fourth-order valence-corrected chi connectivity index (χ4v) is 3.96. The van der Waals surface area contributed by atoms with E-state index in [4.69, 9.17) is 11.5 Å². The Hall–Kier alpha value is -3.03. The molecule has 0 fully saturated rings. The molecule has 1 unspecified atom stereocenters. The molecule has 1 rings (SSSR count). The second-order valence-corrected chi connectivity index (χ2v) is 9.21. The number of carbonyl (C=O) groups is 3. The Morgan fingerprint density at radius 1 is 1.15 bits per heavy atom. The van der Waals surface area contributed by atoms with Crippen molar-refractivity contribution in [2.24, 2.45) is 16.5 Å². The number of hydrogen-bond acceptors (Lipinski definition) is 7. The summed E-state index contributed by atoms with van der Waals surface area (Å²) < 4.78 is 26.7. The van der Waals surface area contributed by atoms with Crippen LogP contribution in [-0.4, -0.2) is 74.6 Å². The number of nitrogens with zero attached hydrogens (tertiary/aromatic N) is 1. The Morgan fingerprint density at radius 3 is 2.39 bits per heavy atom. The summed E-state index contributed by atoms with van der Waals surface area (Å²) in [4.78, 5) is 39.6. The van der Waals surface area contributed by atoms with Crippen molar-refractivity contribution >= 4 is 34.1 Å². The SMILES string of the molecule is C[C@H](NC(=O)C(CO)NS(=O)(=O)CCc1ccccc1)C(=O)N[C@H](C=O)CCCN=C(N)N. The summed E-state index contributed by atoms with van der Waals surface area (Å²) in [7, 11) is -3.88. The molecule has 1 aromatic carbocycles. The molecule has 33 heavy (non-hydrogen) atoms. The minimum Gasteiger partial charge on any atom is -0.394 e. The van der Waals surface area contributed by atoms with E-state index in [9.17, 15) is 27.9 Å². The summed E-state index contributed by atoms with van der Waals surface area (Å²) in [5.74, 6) is -1.88. The van der Waals surface area contributed by atoms with Crippen LogP contribution in [-0.2, 0) is 30.8 Å². The molecule has 0 aliphatic heterocycles. The third-order valence-electron chi connectivity index (χ3n) is 4.53. The van der Waals surface area contributed by atoms with Gasteiger partial charge in [0, 0.05) is 6.54 Å². The van der Waals surface area contributed by atoms with Crippen LogP contribution < -0.4 is 26.8 Å². The number of aldehydes is 1. The number of aliphatic hydroxyl groups excluding tert-OH is 1. The van der Waals surface area contributed by atoms with Crippen LogP contribution >= 0.6 is 0 Å². The molecule has 2 amide bonds. The number of nitrogens with one attached hydrogen (secondary N) is 3. The predicted octanol–water partition coefficient (Wildman–Crippen LogP) is -2.25. The van der Waals surface area contributed by atoms with Crippen molar-refractivity contribution in [1.82, 2.24) is 15.4 Å². The van der Waals surface area contributed by atoms with Gasteiger partial charge in [-0.05, 0) is 31.7 Å². The van der Waals surface area contributed by atoms with Gasteiger partial charge in [0.25, 0.3) is 0 Å². The molecule has 184 valence electrons.